The molecule has 0 amide bonds. The molecule has 0 aliphatic rings. The second-order valence-corrected chi connectivity index (χ2v) is 22.4. The Kier molecular flexibility index (Phi) is 93.6. The first-order chi connectivity index (χ1) is 45.1. The van der Waals surface area contributed by atoms with Gasteiger partial charge in [0.05, 0.1) is 108 Å². The summed E-state index contributed by atoms with van der Waals surface area (Å²) in [5, 5.41) is 95.3. The Balaban J connectivity index is -0.0000000937. The van der Waals surface area contributed by atoms with Crippen LogP contribution in [0.15, 0.2) is 0 Å². The topological polar surface area (TPSA) is 688 Å². The molecule has 0 spiro atoms. The molecule has 12 unspecified atom stereocenters. The van der Waals surface area contributed by atoms with Crippen LogP contribution in [0, 0.1) is 37.7 Å². The molecule has 615 valence electrons. The van der Waals surface area contributed by atoms with Gasteiger partial charge >= 0.3 is 65.7 Å². The number of aliphatic hydroxyl groups excluding tert-OH is 9. The Labute approximate surface area is 629 Å². The van der Waals surface area contributed by atoms with E-state index in [0.717, 1.165) is 0 Å². The second-order valence-electron chi connectivity index (χ2n) is 22.4. The second kappa shape index (κ2) is 78.2. The zero-order chi connectivity index (χ0) is 77.8. The molecule has 0 bridgehead atoms. The summed E-state index contributed by atoms with van der Waals surface area (Å²) in [7, 11) is 0. The third-order valence-corrected chi connectivity index (χ3v) is 10.0. The van der Waals surface area contributed by atoms with Crippen LogP contribution >= 0.6 is 0 Å². The first-order valence-electron chi connectivity index (χ1n) is 31.1. The fraction of sp³-hybridized carbons (Fsp3) is 0.762. The summed E-state index contributed by atoms with van der Waals surface area (Å²) in [5.74, 6) is -8.11. The Morgan fingerprint density at radius 2 is 0.524 bits per heavy atom. The van der Waals surface area contributed by atoms with Gasteiger partial charge in [-0.3, -0.25) is 71.9 Å². The molecule has 0 aromatic carbocycles. The van der Waals surface area contributed by atoms with Gasteiger partial charge in [0.25, 0.3) is 0 Å². The Morgan fingerprint density at radius 1 is 0.291 bits per heavy atom. The molecule has 103 heavy (non-hydrogen) atoms. The quantitative estimate of drug-likeness (QED) is 0.0130. The predicted molar refractivity (Wildman–Crippen MR) is 354 cm³/mol. The van der Waals surface area contributed by atoms with E-state index in [2.05, 4.69) is 9.47 Å². The number of carbonyl (C=O) groups is 15. The molecular formula is C63H118HoO39. The number of esters is 9. The minimum Gasteiger partial charge on any atom is -0.481 e. The predicted octanol–water partition coefficient (Wildman–Crippen LogP) is -2.56. The van der Waals surface area contributed by atoms with Crippen LogP contribution in [0.1, 0.15) is 200 Å². The zero-order valence-corrected chi connectivity index (χ0v) is 63.2. The van der Waals surface area contributed by atoms with Gasteiger partial charge in [0.2, 0.25) is 0 Å². The SMILES string of the molecule is CC(=O)CC(=O)OC(C)CC(=O)O.CC(=O)CC(=O)OCC(O)CO.CC(=O)CC(=O)OCCC(C)OC(=O)CC(C)=O.CC(O)CC(=O)OC(C)CC(=O)O.CC(O)CC(=O)OC(C)CCO.CC(O)CC(=O)OCCC(C)OC(=O)CC(C)O.CC(O)CCOC(=O)CC(C)O.O.O.O.O.[Ho]. The number of carboxylic acids is 2. The van der Waals surface area contributed by atoms with Crippen molar-refractivity contribution >= 4 is 88.8 Å². The van der Waals surface area contributed by atoms with Crippen LogP contribution in [0.25, 0.3) is 0 Å². The van der Waals surface area contributed by atoms with E-state index in [0.29, 0.717) is 25.7 Å². The number of aliphatic hydroxyl groups is 9. The molecule has 0 fully saturated rings. The summed E-state index contributed by atoms with van der Waals surface area (Å²) in [6.07, 6.45) is -7.66. The van der Waals surface area contributed by atoms with E-state index < -0.39 is 133 Å². The van der Waals surface area contributed by atoms with Crippen molar-refractivity contribution in [3.63, 3.8) is 0 Å². The fourth-order valence-corrected chi connectivity index (χ4v) is 5.78. The number of hydrogen-bond acceptors (Lipinski definition) is 33. The molecule has 0 aromatic rings. The summed E-state index contributed by atoms with van der Waals surface area (Å²) in [4.78, 5) is 161. The smallest absolute Gasteiger partial charge is 0.313 e. The summed E-state index contributed by atoms with van der Waals surface area (Å²) in [6.45, 7) is 21.9. The average molecular weight is 1660 g/mol. The molecule has 0 saturated carbocycles. The third kappa shape index (κ3) is 114. The van der Waals surface area contributed by atoms with Gasteiger partial charge in [-0.1, -0.05) is 0 Å². The molecule has 0 aromatic heterocycles. The minimum atomic E-state index is -1.07. The number of Topliss-reactive ketones (excluding diaryl/α,β-unsaturated/α-hetero) is 4. The van der Waals surface area contributed by atoms with Crippen molar-refractivity contribution in [3.05, 3.63) is 0 Å². The Morgan fingerprint density at radius 3 is 0.786 bits per heavy atom. The van der Waals surface area contributed by atoms with E-state index in [9.17, 15) is 71.9 Å². The van der Waals surface area contributed by atoms with E-state index in [1.807, 2.05) is 0 Å². The van der Waals surface area contributed by atoms with Crippen molar-refractivity contribution in [2.75, 3.05) is 39.6 Å². The normalized spacial score (nSPS) is 13.1. The third-order valence-electron chi connectivity index (χ3n) is 10.0. The fourth-order valence-electron chi connectivity index (χ4n) is 5.78. The van der Waals surface area contributed by atoms with E-state index in [1.54, 1.807) is 27.7 Å². The summed E-state index contributed by atoms with van der Waals surface area (Å²) in [6, 6.07) is 0. The average Bonchev–Trinajstić information content (AvgIpc) is 1.04. The van der Waals surface area contributed by atoms with Crippen molar-refractivity contribution in [2.45, 2.75) is 273 Å². The van der Waals surface area contributed by atoms with Crippen LogP contribution in [-0.4, -0.2) is 280 Å². The number of ketones is 4. The van der Waals surface area contributed by atoms with Gasteiger partial charge in [-0.15, -0.1) is 0 Å². The minimum absolute atomic E-state index is 0. The number of carbonyl (C=O) groups excluding carboxylic acids is 13. The van der Waals surface area contributed by atoms with E-state index in [-0.39, 0.29) is 199 Å². The van der Waals surface area contributed by atoms with E-state index in [4.69, 9.17) is 89.3 Å². The number of hydrogen-bond donors (Lipinski definition) is 11. The first kappa shape index (κ1) is 123. The molecule has 0 heterocycles. The van der Waals surface area contributed by atoms with Crippen LogP contribution in [0.3, 0.4) is 0 Å². The molecule has 39 nitrogen and oxygen atoms in total. The molecule has 0 aliphatic heterocycles. The number of rotatable bonds is 41. The molecule has 1 radical (unpaired) electrons. The van der Waals surface area contributed by atoms with Crippen molar-refractivity contribution in [1.29, 1.82) is 0 Å². The number of aliphatic carboxylic acids is 2. The van der Waals surface area contributed by atoms with Crippen molar-refractivity contribution in [1.82, 2.24) is 0 Å². The van der Waals surface area contributed by atoms with Gasteiger partial charge in [0, 0.05) is 70.0 Å². The van der Waals surface area contributed by atoms with E-state index >= 15 is 0 Å². The maximum absolute atomic E-state index is 11.2. The summed E-state index contributed by atoms with van der Waals surface area (Å²) in [5.41, 5.74) is 0. The molecule has 0 rings (SSSR count). The summed E-state index contributed by atoms with van der Waals surface area (Å²) < 4.78 is 42.8. The Hall–Kier alpha value is -6.41. The first-order valence-corrected chi connectivity index (χ1v) is 31.1. The van der Waals surface area contributed by atoms with Crippen LogP contribution in [0.2, 0.25) is 0 Å². The van der Waals surface area contributed by atoms with Gasteiger partial charge < -0.3 is 121 Å². The maximum Gasteiger partial charge on any atom is 0.313 e. The maximum atomic E-state index is 11.2. The van der Waals surface area contributed by atoms with Crippen molar-refractivity contribution < 1.29 is 230 Å². The van der Waals surface area contributed by atoms with Gasteiger partial charge in [-0.2, -0.15) is 0 Å². The number of carboxylic acid groups (broad SMARTS) is 2. The molecule has 40 heteroatoms. The standard InChI is InChI=1S/C12H22O6.C12H18O6.C8H14O5.C8H12O5.2C8H16O4.C7H12O5.Ho.4H2O/c2*1-8(13)6-11(15)17-5-4-10(3)18-12(16)7-9(2)14;2*1-5(9)3-8(12)13-6(2)4-7(10)11;1-6(10)5-8(11)12-7(2)3-4-9;1-6(9)3-4-12-8(11)5-7(2)10;1-5(9)2-7(11)12-4-6(10)3-8;;;;;/h8-10,13-14H,4-7H2,1-3H3;10H,4-7H2,1-3H3;5-6,9H,3-4H2,1-2H3,(H,10,11);6H,3-4H2,1-2H3,(H,10,11);2*6-7,9-10H,3-5H2,1-2H3;6,8,10H,2-4H2,1H3;;4*1H2. The Bertz CT molecular complexity index is 2310. The molecular weight excluding hydrogens is 1550 g/mol. The van der Waals surface area contributed by atoms with Gasteiger partial charge in [0.15, 0.2) is 0 Å². The van der Waals surface area contributed by atoms with Crippen molar-refractivity contribution in [2.24, 2.45) is 0 Å². The summed E-state index contributed by atoms with van der Waals surface area (Å²) >= 11 is 0. The van der Waals surface area contributed by atoms with Gasteiger partial charge in [-0.25, -0.2) is 0 Å². The van der Waals surface area contributed by atoms with Crippen LogP contribution < -0.4 is 0 Å². The molecule has 12 atom stereocenters. The van der Waals surface area contributed by atoms with Gasteiger partial charge in [0.1, 0.15) is 92.0 Å². The van der Waals surface area contributed by atoms with E-state index in [1.165, 1.54) is 76.2 Å². The largest absolute Gasteiger partial charge is 0.481 e. The van der Waals surface area contributed by atoms with Crippen LogP contribution in [-0.2, 0) is 115 Å². The zero-order valence-electron chi connectivity index (χ0n) is 61.3. The van der Waals surface area contributed by atoms with Gasteiger partial charge in [-0.05, 0) is 104 Å². The molecule has 0 saturated heterocycles. The van der Waals surface area contributed by atoms with Crippen LogP contribution in [0.4, 0.5) is 0 Å². The monoisotopic (exact) mass is 1660 g/mol. The number of ether oxygens (including phenoxy) is 9. The van der Waals surface area contributed by atoms with Crippen molar-refractivity contribution in [3.8, 4) is 0 Å². The molecule has 0 aliphatic carbocycles. The molecule has 19 N–H and O–H groups in total. The van der Waals surface area contributed by atoms with Crippen LogP contribution in [0.5, 0.6) is 0 Å².